The summed E-state index contributed by atoms with van der Waals surface area (Å²) in [6.45, 7) is 4.27. The minimum Gasteiger partial charge on any atom is -0.364 e. The maximum absolute atomic E-state index is 5.61. The third-order valence-electron chi connectivity index (χ3n) is 2.93. The number of fused-ring (bicyclic) bond motifs is 3. The van der Waals surface area contributed by atoms with Crippen LogP contribution in [0.15, 0.2) is 12.1 Å². The van der Waals surface area contributed by atoms with Gasteiger partial charge in [-0.3, -0.25) is 0 Å². The first-order chi connectivity index (χ1) is 5.69. The smallest absolute Gasteiger partial charge is 0.0898 e. The number of aryl methyl sites for hydroxylation is 1. The first kappa shape index (κ1) is 9.82. The quantitative estimate of drug-likeness (QED) is 0.506. The van der Waals surface area contributed by atoms with Gasteiger partial charge < -0.3 is 4.74 Å². The Morgan fingerprint density at radius 1 is 1.62 bits per heavy atom. The zero-order chi connectivity index (χ0) is 8.34. The number of ether oxygens (including phenoxy) is 1. The van der Waals surface area contributed by atoms with Gasteiger partial charge in [0.2, 0.25) is 0 Å². The summed E-state index contributed by atoms with van der Waals surface area (Å²) in [5.74, 6) is 0. The second kappa shape index (κ2) is 2.88. The number of hydrogen-bond donors (Lipinski definition) is 0. The fraction of sp³-hybridized carbons (Fsp3) is 0.455. The maximum atomic E-state index is 5.61. The standard InChI is InChI=1S/C11H11O.Y/c1-7-3-4-8-6-11(2)10(12-11)9(8)5-7;/h4-5,10H,6H2,1-2H3;/q-1;. The summed E-state index contributed by atoms with van der Waals surface area (Å²) in [5, 5.41) is 0. The first-order valence-corrected chi connectivity index (χ1v) is 4.38. The zero-order valence-corrected chi connectivity index (χ0v) is 10.8. The molecule has 2 heteroatoms. The Bertz CT molecular complexity index is 361. The van der Waals surface area contributed by atoms with Crippen LogP contribution in [0.1, 0.15) is 29.7 Å². The monoisotopic (exact) mass is 248 g/mol. The van der Waals surface area contributed by atoms with E-state index in [2.05, 4.69) is 32.0 Å². The fourth-order valence-electron chi connectivity index (χ4n) is 2.19. The van der Waals surface area contributed by atoms with Gasteiger partial charge in [-0.15, -0.1) is 11.1 Å². The number of rotatable bonds is 0. The van der Waals surface area contributed by atoms with E-state index in [1.807, 2.05) is 0 Å². The molecule has 0 bridgehead atoms. The minimum atomic E-state index is 0. The molecule has 3 rings (SSSR count). The van der Waals surface area contributed by atoms with E-state index in [0.717, 1.165) is 6.42 Å². The average Bonchev–Trinajstić information content (AvgIpc) is 2.60. The van der Waals surface area contributed by atoms with E-state index >= 15 is 0 Å². The van der Waals surface area contributed by atoms with Gasteiger partial charge in [-0.2, -0.15) is 23.8 Å². The Hall–Kier alpha value is 0.284. The summed E-state index contributed by atoms with van der Waals surface area (Å²) in [5.41, 5.74) is 4.19. The second-order valence-corrected chi connectivity index (χ2v) is 4.08. The van der Waals surface area contributed by atoms with Crippen molar-refractivity contribution in [3.05, 3.63) is 34.9 Å². The van der Waals surface area contributed by atoms with Gasteiger partial charge in [-0.05, 0) is 13.3 Å². The van der Waals surface area contributed by atoms with E-state index < -0.39 is 0 Å². The molecule has 1 aromatic carbocycles. The topological polar surface area (TPSA) is 12.5 Å². The minimum absolute atomic E-state index is 0. The van der Waals surface area contributed by atoms with Crippen molar-refractivity contribution in [1.29, 1.82) is 0 Å². The van der Waals surface area contributed by atoms with E-state index in [-0.39, 0.29) is 38.3 Å². The van der Waals surface area contributed by atoms with E-state index in [0.29, 0.717) is 6.10 Å². The van der Waals surface area contributed by atoms with Crippen LogP contribution in [0.2, 0.25) is 0 Å². The number of benzene rings is 1. The van der Waals surface area contributed by atoms with Gasteiger partial charge in [0.15, 0.2) is 0 Å². The van der Waals surface area contributed by atoms with Crippen LogP contribution in [0.3, 0.4) is 0 Å². The van der Waals surface area contributed by atoms with Crippen molar-refractivity contribution in [2.24, 2.45) is 0 Å². The molecule has 1 heterocycles. The molecule has 1 saturated heterocycles. The molecule has 1 nitrogen and oxygen atoms in total. The Labute approximate surface area is 104 Å². The summed E-state index contributed by atoms with van der Waals surface area (Å²) < 4.78 is 5.61. The molecule has 0 spiro atoms. The maximum Gasteiger partial charge on any atom is 0.0898 e. The molecule has 1 aliphatic carbocycles. The molecule has 2 atom stereocenters. The normalized spacial score (nSPS) is 33.2. The molecular weight excluding hydrogens is 237 g/mol. The molecular formula is C11H11OY-. The zero-order valence-electron chi connectivity index (χ0n) is 7.92. The molecule has 0 saturated carbocycles. The van der Waals surface area contributed by atoms with Crippen molar-refractivity contribution >= 4 is 0 Å². The summed E-state index contributed by atoms with van der Waals surface area (Å²) in [7, 11) is 0. The Morgan fingerprint density at radius 3 is 3.15 bits per heavy atom. The van der Waals surface area contributed by atoms with Gasteiger partial charge in [-0.25, -0.2) is 0 Å². The van der Waals surface area contributed by atoms with E-state index in [4.69, 9.17) is 4.74 Å². The summed E-state index contributed by atoms with van der Waals surface area (Å²) in [4.78, 5) is 0. The third kappa shape index (κ3) is 1.33. The van der Waals surface area contributed by atoms with Crippen molar-refractivity contribution < 1.29 is 37.4 Å². The van der Waals surface area contributed by atoms with Crippen molar-refractivity contribution in [3.8, 4) is 0 Å². The van der Waals surface area contributed by atoms with E-state index in [1.165, 1.54) is 16.7 Å². The summed E-state index contributed by atoms with van der Waals surface area (Å²) >= 11 is 0. The fourth-order valence-corrected chi connectivity index (χ4v) is 2.19. The van der Waals surface area contributed by atoms with Crippen LogP contribution in [0.4, 0.5) is 0 Å². The summed E-state index contributed by atoms with van der Waals surface area (Å²) in [6.07, 6.45) is 1.46. The molecule has 2 aliphatic rings. The third-order valence-corrected chi connectivity index (χ3v) is 2.93. The van der Waals surface area contributed by atoms with E-state index in [9.17, 15) is 0 Å². The van der Waals surface area contributed by atoms with Gasteiger partial charge >= 0.3 is 0 Å². The van der Waals surface area contributed by atoms with Crippen LogP contribution in [-0.2, 0) is 43.9 Å². The van der Waals surface area contributed by atoms with E-state index in [1.54, 1.807) is 0 Å². The Morgan fingerprint density at radius 2 is 2.38 bits per heavy atom. The van der Waals surface area contributed by atoms with Crippen molar-refractivity contribution in [2.45, 2.75) is 32.0 Å². The SMILES string of the molecule is Cc1[c-]cc2c(c1)C1OC1(C)C2.[Y]. The molecule has 1 fully saturated rings. The molecule has 0 aromatic heterocycles. The van der Waals surface area contributed by atoms with Crippen molar-refractivity contribution in [3.63, 3.8) is 0 Å². The van der Waals surface area contributed by atoms with Gasteiger partial charge in [-0.1, -0.05) is 6.92 Å². The predicted molar refractivity (Wildman–Crippen MR) is 46.0 cm³/mol. The molecule has 2 unspecified atom stereocenters. The van der Waals surface area contributed by atoms with Crippen LogP contribution >= 0.6 is 0 Å². The van der Waals surface area contributed by atoms with Gasteiger partial charge in [0.05, 0.1) is 11.7 Å². The first-order valence-electron chi connectivity index (χ1n) is 4.38. The Kier molecular flexibility index (Phi) is 2.18. The summed E-state index contributed by atoms with van der Waals surface area (Å²) in [6, 6.07) is 7.56. The second-order valence-electron chi connectivity index (χ2n) is 4.08. The van der Waals surface area contributed by atoms with Crippen molar-refractivity contribution in [2.75, 3.05) is 0 Å². The molecule has 13 heavy (non-hydrogen) atoms. The largest absolute Gasteiger partial charge is 0.364 e. The Balaban J connectivity index is 0.000000653. The van der Waals surface area contributed by atoms with Crippen LogP contribution in [0.25, 0.3) is 0 Å². The molecule has 0 amide bonds. The predicted octanol–water partition coefficient (Wildman–Crippen LogP) is 2.18. The van der Waals surface area contributed by atoms with Crippen LogP contribution in [0, 0.1) is 13.0 Å². The van der Waals surface area contributed by atoms with Gasteiger partial charge in [0.25, 0.3) is 0 Å². The van der Waals surface area contributed by atoms with Crippen LogP contribution < -0.4 is 0 Å². The number of hydrogen-bond acceptors (Lipinski definition) is 1. The van der Waals surface area contributed by atoms with Gasteiger partial charge in [0, 0.05) is 32.7 Å². The molecule has 1 aliphatic heterocycles. The van der Waals surface area contributed by atoms with Crippen LogP contribution in [-0.4, -0.2) is 5.60 Å². The molecule has 0 N–H and O–H groups in total. The molecule has 1 radical (unpaired) electrons. The average molecular weight is 248 g/mol. The van der Waals surface area contributed by atoms with Crippen LogP contribution in [0.5, 0.6) is 0 Å². The van der Waals surface area contributed by atoms with Gasteiger partial charge in [0.1, 0.15) is 0 Å². The van der Waals surface area contributed by atoms with Crippen molar-refractivity contribution in [1.82, 2.24) is 0 Å². The molecule has 65 valence electrons. The molecule has 1 aromatic rings. The number of epoxide rings is 1.